The van der Waals surface area contributed by atoms with Gasteiger partial charge in [0.15, 0.2) is 0 Å². The van der Waals surface area contributed by atoms with E-state index in [-0.39, 0.29) is 30.1 Å². The Balaban J connectivity index is 0.00000288. The molecular formula is C17H26ClN3O3. The lowest BCUT2D eigenvalue weighted by atomic mass is 9.95. The molecule has 0 aromatic heterocycles. The molecule has 1 fully saturated rings. The van der Waals surface area contributed by atoms with Crippen LogP contribution in [0.25, 0.3) is 0 Å². The van der Waals surface area contributed by atoms with Crippen LogP contribution < -0.4 is 15.4 Å². The molecule has 24 heavy (non-hydrogen) atoms. The van der Waals surface area contributed by atoms with E-state index in [1.165, 1.54) is 0 Å². The molecule has 1 aliphatic rings. The van der Waals surface area contributed by atoms with Crippen LogP contribution in [-0.4, -0.2) is 50.5 Å². The lowest BCUT2D eigenvalue weighted by Gasteiger charge is -2.31. The summed E-state index contributed by atoms with van der Waals surface area (Å²) in [4.78, 5) is 26.2. The molecule has 0 saturated carbocycles. The van der Waals surface area contributed by atoms with Gasteiger partial charge in [0, 0.05) is 32.0 Å². The molecule has 0 spiro atoms. The monoisotopic (exact) mass is 355 g/mol. The third-order valence-corrected chi connectivity index (χ3v) is 4.17. The third kappa shape index (κ3) is 5.39. The summed E-state index contributed by atoms with van der Waals surface area (Å²) in [5.74, 6) is 0.744. The standard InChI is InChI=1S/C17H25N3O3.ClH/c1-18-10-7-16(21)20-11-8-13(9-12-20)17(22)19-14-5-3-4-6-15(14)23-2;/h3-6,13,18H,7-12H2,1-2H3,(H,19,22);1H. The Bertz CT molecular complexity index is 546. The van der Waals surface area contributed by atoms with Crippen LogP contribution in [0.1, 0.15) is 19.3 Å². The van der Waals surface area contributed by atoms with Gasteiger partial charge in [0.2, 0.25) is 11.8 Å². The Hall–Kier alpha value is -1.79. The molecular weight excluding hydrogens is 330 g/mol. The average Bonchev–Trinajstić information content (AvgIpc) is 2.60. The van der Waals surface area contributed by atoms with Crippen LogP contribution in [0.15, 0.2) is 24.3 Å². The van der Waals surface area contributed by atoms with E-state index in [9.17, 15) is 9.59 Å². The largest absolute Gasteiger partial charge is 0.495 e. The molecule has 1 aromatic carbocycles. The molecule has 0 bridgehead atoms. The molecule has 1 aliphatic heterocycles. The number of carbonyl (C=O) groups is 2. The van der Waals surface area contributed by atoms with Crippen molar-refractivity contribution >= 4 is 29.9 Å². The summed E-state index contributed by atoms with van der Waals surface area (Å²) in [6.07, 6.45) is 1.91. The summed E-state index contributed by atoms with van der Waals surface area (Å²) in [5, 5.41) is 5.91. The molecule has 1 aromatic rings. The summed E-state index contributed by atoms with van der Waals surface area (Å²) in [7, 11) is 3.42. The number of hydrogen-bond acceptors (Lipinski definition) is 4. The maximum atomic E-state index is 12.4. The van der Waals surface area contributed by atoms with Gasteiger partial charge in [0.25, 0.3) is 0 Å². The molecule has 2 amide bonds. The number of likely N-dealkylation sites (tertiary alicyclic amines) is 1. The highest BCUT2D eigenvalue weighted by atomic mass is 35.5. The van der Waals surface area contributed by atoms with Gasteiger partial charge in [0.1, 0.15) is 5.75 Å². The number of para-hydroxylation sites is 2. The van der Waals surface area contributed by atoms with Gasteiger partial charge in [0.05, 0.1) is 12.8 Å². The minimum Gasteiger partial charge on any atom is -0.495 e. The molecule has 6 nitrogen and oxygen atoms in total. The number of methoxy groups -OCH3 is 1. The zero-order valence-corrected chi connectivity index (χ0v) is 15.0. The van der Waals surface area contributed by atoms with Crippen molar-refractivity contribution in [2.75, 3.05) is 39.1 Å². The van der Waals surface area contributed by atoms with Crippen LogP contribution in [0, 0.1) is 5.92 Å². The zero-order chi connectivity index (χ0) is 16.7. The number of carbonyl (C=O) groups excluding carboxylic acids is 2. The molecule has 1 saturated heterocycles. The highest BCUT2D eigenvalue weighted by Gasteiger charge is 2.27. The summed E-state index contributed by atoms with van der Waals surface area (Å²) >= 11 is 0. The number of nitrogens with one attached hydrogen (secondary N) is 2. The summed E-state index contributed by atoms with van der Waals surface area (Å²) in [6, 6.07) is 7.37. The van der Waals surface area contributed by atoms with Crippen LogP contribution in [0.3, 0.4) is 0 Å². The molecule has 0 unspecified atom stereocenters. The number of anilines is 1. The first-order chi connectivity index (χ1) is 11.2. The molecule has 0 radical (unpaired) electrons. The van der Waals surface area contributed by atoms with Crippen molar-refractivity contribution in [2.45, 2.75) is 19.3 Å². The van der Waals surface area contributed by atoms with E-state index in [2.05, 4.69) is 10.6 Å². The normalized spacial score (nSPS) is 14.7. The van der Waals surface area contributed by atoms with Crippen LogP contribution in [0.5, 0.6) is 5.75 Å². The molecule has 0 aliphatic carbocycles. The van der Waals surface area contributed by atoms with E-state index >= 15 is 0 Å². The highest BCUT2D eigenvalue weighted by Crippen LogP contribution is 2.25. The van der Waals surface area contributed by atoms with Crippen molar-refractivity contribution in [3.63, 3.8) is 0 Å². The fourth-order valence-electron chi connectivity index (χ4n) is 2.76. The summed E-state index contributed by atoms with van der Waals surface area (Å²) in [5.41, 5.74) is 0.688. The number of benzene rings is 1. The van der Waals surface area contributed by atoms with Gasteiger partial charge in [-0.2, -0.15) is 0 Å². The number of hydrogen-bond donors (Lipinski definition) is 2. The number of nitrogens with zero attached hydrogens (tertiary/aromatic N) is 1. The first-order valence-electron chi connectivity index (χ1n) is 8.02. The quantitative estimate of drug-likeness (QED) is 0.817. The van der Waals surface area contributed by atoms with Gasteiger partial charge in [-0.3, -0.25) is 9.59 Å². The van der Waals surface area contributed by atoms with Crippen LogP contribution in [0.2, 0.25) is 0 Å². The molecule has 2 N–H and O–H groups in total. The number of halogens is 1. The lowest BCUT2D eigenvalue weighted by Crippen LogP contribution is -2.42. The Morgan fingerprint density at radius 3 is 2.54 bits per heavy atom. The maximum Gasteiger partial charge on any atom is 0.227 e. The number of piperidine rings is 1. The van der Waals surface area contributed by atoms with Crippen molar-refractivity contribution in [1.29, 1.82) is 0 Å². The second-order valence-electron chi connectivity index (χ2n) is 5.70. The van der Waals surface area contributed by atoms with E-state index in [0.717, 1.165) is 0 Å². The Labute approximate surface area is 149 Å². The Kier molecular flexibility index (Phi) is 8.57. The summed E-state index contributed by atoms with van der Waals surface area (Å²) < 4.78 is 5.25. The minimum absolute atomic E-state index is 0. The van der Waals surface area contributed by atoms with Gasteiger partial charge in [-0.25, -0.2) is 0 Å². The number of rotatable bonds is 6. The zero-order valence-electron chi connectivity index (χ0n) is 14.2. The van der Waals surface area contributed by atoms with Crippen molar-refractivity contribution in [3.05, 3.63) is 24.3 Å². The van der Waals surface area contributed by atoms with Gasteiger partial charge in [-0.15, -0.1) is 12.4 Å². The van der Waals surface area contributed by atoms with E-state index in [4.69, 9.17) is 4.74 Å². The first-order valence-corrected chi connectivity index (χ1v) is 8.02. The SMILES string of the molecule is CNCCC(=O)N1CCC(C(=O)Nc2ccccc2OC)CC1.Cl. The van der Waals surface area contributed by atoms with Gasteiger partial charge >= 0.3 is 0 Å². The van der Waals surface area contributed by atoms with Crippen molar-refractivity contribution in [3.8, 4) is 5.75 Å². The third-order valence-electron chi connectivity index (χ3n) is 4.17. The van der Waals surface area contributed by atoms with Gasteiger partial charge in [-0.05, 0) is 32.0 Å². The maximum absolute atomic E-state index is 12.4. The Morgan fingerprint density at radius 2 is 1.92 bits per heavy atom. The van der Waals surface area contributed by atoms with Crippen molar-refractivity contribution < 1.29 is 14.3 Å². The smallest absolute Gasteiger partial charge is 0.227 e. The van der Waals surface area contributed by atoms with Crippen LogP contribution in [-0.2, 0) is 9.59 Å². The second kappa shape index (κ2) is 10.2. The summed E-state index contributed by atoms with van der Waals surface area (Å²) in [6.45, 7) is 1.98. The number of amides is 2. The molecule has 2 rings (SSSR count). The van der Waals surface area contributed by atoms with Crippen molar-refractivity contribution in [2.24, 2.45) is 5.92 Å². The number of ether oxygens (including phenoxy) is 1. The van der Waals surface area contributed by atoms with Crippen LogP contribution in [0.4, 0.5) is 5.69 Å². The second-order valence-corrected chi connectivity index (χ2v) is 5.70. The highest BCUT2D eigenvalue weighted by molar-refractivity contribution is 5.94. The molecule has 0 atom stereocenters. The topological polar surface area (TPSA) is 70.7 Å². The van der Waals surface area contributed by atoms with Crippen molar-refractivity contribution in [1.82, 2.24) is 10.2 Å². The fraction of sp³-hybridized carbons (Fsp3) is 0.529. The van der Waals surface area contributed by atoms with E-state index < -0.39 is 0 Å². The fourth-order valence-corrected chi connectivity index (χ4v) is 2.76. The minimum atomic E-state index is -0.0618. The molecule has 7 heteroatoms. The van der Waals surface area contributed by atoms with Gasteiger partial charge < -0.3 is 20.3 Å². The van der Waals surface area contributed by atoms with E-state index in [0.29, 0.717) is 50.3 Å². The van der Waals surface area contributed by atoms with E-state index in [1.54, 1.807) is 7.11 Å². The molecule has 134 valence electrons. The average molecular weight is 356 g/mol. The lowest BCUT2D eigenvalue weighted by molar-refractivity contribution is -0.134. The first kappa shape index (κ1) is 20.3. The predicted molar refractivity (Wildman–Crippen MR) is 96.7 cm³/mol. The molecule has 1 heterocycles. The van der Waals surface area contributed by atoms with Crippen LogP contribution >= 0.6 is 12.4 Å². The van der Waals surface area contributed by atoms with E-state index in [1.807, 2.05) is 36.2 Å². The predicted octanol–water partition coefficient (Wildman–Crippen LogP) is 1.90. The van der Waals surface area contributed by atoms with Gasteiger partial charge in [-0.1, -0.05) is 12.1 Å². The Morgan fingerprint density at radius 1 is 1.25 bits per heavy atom.